The third-order valence-corrected chi connectivity index (χ3v) is 3.67. The first kappa shape index (κ1) is 15.2. The van der Waals surface area contributed by atoms with Gasteiger partial charge in [0.15, 0.2) is 11.5 Å². The molecule has 4 heteroatoms. The van der Waals surface area contributed by atoms with Gasteiger partial charge in [-0.05, 0) is 32.0 Å². The van der Waals surface area contributed by atoms with E-state index >= 15 is 0 Å². The number of hydrogen-bond donors (Lipinski definition) is 1. The molecular weight excluding hydrogens is 246 g/mol. The maximum absolute atomic E-state index is 5.74. The molecule has 0 aliphatic heterocycles. The van der Waals surface area contributed by atoms with Gasteiger partial charge in [-0.1, -0.05) is 19.1 Å². The third kappa shape index (κ3) is 5.65. The number of rotatable bonds is 9. The van der Waals surface area contributed by atoms with Crippen LogP contribution in [0.3, 0.4) is 0 Å². The van der Waals surface area contributed by atoms with Gasteiger partial charge in [-0.15, -0.1) is 0 Å². The molecule has 1 rings (SSSR count). The first-order valence-corrected chi connectivity index (χ1v) is 7.49. The Balaban J connectivity index is 2.30. The van der Waals surface area contributed by atoms with Crippen LogP contribution in [0.15, 0.2) is 24.3 Å². The normalized spacial score (nSPS) is 12.2. The highest BCUT2D eigenvalue weighted by molar-refractivity contribution is 7.99. The summed E-state index contributed by atoms with van der Waals surface area (Å²) in [5.74, 6) is 2.62. The van der Waals surface area contributed by atoms with E-state index in [1.165, 1.54) is 0 Å². The fraction of sp³-hybridized carbons (Fsp3) is 0.571. The Morgan fingerprint density at radius 2 is 1.89 bits per heavy atom. The second kappa shape index (κ2) is 9.11. The van der Waals surface area contributed by atoms with E-state index < -0.39 is 0 Å². The van der Waals surface area contributed by atoms with E-state index in [0.29, 0.717) is 18.5 Å². The van der Waals surface area contributed by atoms with Gasteiger partial charge < -0.3 is 15.2 Å². The highest BCUT2D eigenvalue weighted by atomic mass is 32.2. The van der Waals surface area contributed by atoms with Gasteiger partial charge in [0.1, 0.15) is 0 Å². The van der Waals surface area contributed by atoms with Gasteiger partial charge in [0.05, 0.1) is 13.2 Å². The fourth-order valence-corrected chi connectivity index (χ4v) is 2.45. The minimum Gasteiger partial charge on any atom is -0.490 e. The molecule has 1 atom stereocenters. The lowest BCUT2D eigenvalue weighted by atomic mass is 10.3. The van der Waals surface area contributed by atoms with Crippen LogP contribution in [0.2, 0.25) is 0 Å². The fourth-order valence-electron chi connectivity index (χ4n) is 1.56. The zero-order valence-electron chi connectivity index (χ0n) is 11.2. The van der Waals surface area contributed by atoms with Crippen molar-refractivity contribution in [3.05, 3.63) is 24.3 Å². The highest BCUT2D eigenvalue weighted by Crippen LogP contribution is 2.26. The number of thioether (sulfide) groups is 1. The van der Waals surface area contributed by atoms with E-state index in [0.717, 1.165) is 30.2 Å². The Labute approximate surface area is 114 Å². The molecule has 0 saturated heterocycles. The average molecular weight is 269 g/mol. The standard InChI is InChI=1S/C14H23NO2S/c1-3-16-13-6-4-5-7-14(13)17-10-11-18-12(2)8-9-15/h4-7,12H,3,8-11,15H2,1-2H3. The van der Waals surface area contributed by atoms with Crippen molar-refractivity contribution in [1.29, 1.82) is 0 Å². The van der Waals surface area contributed by atoms with Crippen LogP contribution < -0.4 is 15.2 Å². The minimum absolute atomic E-state index is 0.598. The molecule has 1 aromatic rings. The molecule has 102 valence electrons. The summed E-state index contributed by atoms with van der Waals surface area (Å²) in [7, 11) is 0. The van der Waals surface area contributed by atoms with Gasteiger partial charge in [-0.3, -0.25) is 0 Å². The van der Waals surface area contributed by atoms with Crippen molar-refractivity contribution in [3.8, 4) is 11.5 Å². The second-order valence-corrected chi connectivity index (χ2v) is 5.53. The van der Waals surface area contributed by atoms with Gasteiger partial charge in [-0.2, -0.15) is 11.8 Å². The molecule has 0 saturated carbocycles. The Kier molecular flexibility index (Phi) is 7.69. The van der Waals surface area contributed by atoms with Crippen LogP contribution >= 0.6 is 11.8 Å². The molecule has 3 nitrogen and oxygen atoms in total. The van der Waals surface area contributed by atoms with E-state index in [1.807, 2.05) is 43.0 Å². The van der Waals surface area contributed by atoms with Gasteiger partial charge in [0.2, 0.25) is 0 Å². The molecule has 0 heterocycles. The Hall–Kier alpha value is -0.870. The lowest BCUT2D eigenvalue weighted by Crippen LogP contribution is -2.10. The smallest absolute Gasteiger partial charge is 0.161 e. The summed E-state index contributed by atoms with van der Waals surface area (Å²) < 4.78 is 11.2. The maximum atomic E-state index is 5.74. The van der Waals surface area contributed by atoms with Crippen molar-refractivity contribution in [1.82, 2.24) is 0 Å². The van der Waals surface area contributed by atoms with Crippen molar-refractivity contribution in [2.45, 2.75) is 25.5 Å². The number of nitrogens with two attached hydrogens (primary N) is 1. The van der Waals surface area contributed by atoms with Crippen molar-refractivity contribution in [2.24, 2.45) is 5.73 Å². The topological polar surface area (TPSA) is 44.5 Å². The Bertz CT molecular complexity index is 333. The monoisotopic (exact) mass is 269 g/mol. The summed E-state index contributed by atoms with van der Waals surface area (Å²) in [6, 6.07) is 7.79. The zero-order valence-corrected chi connectivity index (χ0v) is 12.0. The van der Waals surface area contributed by atoms with E-state index in [9.17, 15) is 0 Å². The molecule has 0 amide bonds. The largest absolute Gasteiger partial charge is 0.490 e. The molecule has 0 bridgehead atoms. The Morgan fingerprint density at radius 1 is 1.22 bits per heavy atom. The molecule has 1 unspecified atom stereocenters. The quantitative estimate of drug-likeness (QED) is 0.700. The van der Waals surface area contributed by atoms with E-state index in [4.69, 9.17) is 15.2 Å². The van der Waals surface area contributed by atoms with Gasteiger partial charge in [-0.25, -0.2) is 0 Å². The van der Waals surface area contributed by atoms with Crippen LogP contribution in [0.1, 0.15) is 20.3 Å². The highest BCUT2D eigenvalue weighted by Gasteiger charge is 2.04. The Morgan fingerprint density at radius 3 is 2.50 bits per heavy atom. The lowest BCUT2D eigenvalue weighted by Gasteiger charge is -2.13. The van der Waals surface area contributed by atoms with E-state index in [1.54, 1.807) is 0 Å². The second-order valence-electron chi connectivity index (χ2n) is 3.99. The predicted molar refractivity (Wildman–Crippen MR) is 78.7 cm³/mol. The summed E-state index contributed by atoms with van der Waals surface area (Å²) in [6.07, 6.45) is 1.06. The first-order chi connectivity index (χ1) is 8.77. The molecule has 0 radical (unpaired) electrons. The summed E-state index contributed by atoms with van der Waals surface area (Å²) >= 11 is 1.89. The van der Waals surface area contributed by atoms with Crippen LogP contribution in [0.4, 0.5) is 0 Å². The maximum Gasteiger partial charge on any atom is 0.161 e. The molecule has 0 aliphatic carbocycles. The van der Waals surface area contributed by atoms with Gasteiger partial charge in [0.25, 0.3) is 0 Å². The summed E-state index contributed by atoms with van der Waals surface area (Å²) in [4.78, 5) is 0. The third-order valence-electron chi connectivity index (χ3n) is 2.47. The number of para-hydroxylation sites is 2. The van der Waals surface area contributed by atoms with E-state index in [2.05, 4.69) is 6.92 Å². The van der Waals surface area contributed by atoms with Crippen LogP contribution in [0, 0.1) is 0 Å². The molecule has 0 aromatic heterocycles. The molecule has 1 aromatic carbocycles. The number of hydrogen-bond acceptors (Lipinski definition) is 4. The number of benzene rings is 1. The molecular formula is C14H23NO2S. The predicted octanol–water partition coefficient (Wildman–Crippen LogP) is 2.93. The summed E-state index contributed by atoms with van der Waals surface area (Å²) in [5.41, 5.74) is 5.52. The van der Waals surface area contributed by atoms with Crippen LogP contribution in [-0.2, 0) is 0 Å². The average Bonchev–Trinajstić information content (AvgIpc) is 2.37. The first-order valence-electron chi connectivity index (χ1n) is 6.44. The van der Waals surface area contributed by atoms with E-state index in [-0.39, 0.29) is 0 Å². The van der Waals surface area contributed by atoms with Crippen molar-refractivity contribution < 1.29 is 9.47 Å². The molecule has 18 heavy (non-hydrogen) atoms. The van der Waals surface area contributed by atoms with Crippen molar-refractivity contribution in [2.75, 3.05) is 25.5 Å². The van der Waals surface area contributed by atoms with Crippen LogP contribution in [-0.4, -0.2) is 30.8 Å². The minimum atomic E-state index is 0.598. The zero-order chi connectivity index (χ0) is 13.2. The van der Waals surface area contributed by atoms with Gasteiger partial charge >= 0.3 is 0 Å². The lowest BCUT2D eigenvalue weighted by molar-refractivity contribution is 0.289. The SMILES string of the molecule is CCOc1ccccc1OCCSC(C)CCN. The van der Waals surface area contributed by atoms with Crippen molar-refractivity contribution >= 4 is 11.8 Å². The molecule has 2 N–H and O–H groups in total. The van der Waals surface area contributed by atoms with Crippen molar-refractivity contribution in [3.63, 3.8) is 0 Å². The van der Waals surface area contributed by atoms with Crippen LogP contribution in [0.5, 0.6) is 11.5 Å². The molecule has 0 aliphatic rings. The van der Waals surface area contributed by atoms with Crippen LogP contribution in [0.25, 0.3) is 0 Å². The van der Waals surface area contributed by atoms with Gasteiger partial charge in [0, 0.05) is 11.0 Å². The summed E-state index contributed by atoms with van der Waals surface area (Å²) in [5, 5.41) is 0.598. The molecule has 0 fully saturated rings. The number of ether oxygens (including phenoxy) is 2. The summed E-state index contributed by atoms with van der Waals surface area (Å²) in [6.45, 7) is 6.28. The molecule has 0 spiro atoms.